The Bertz CT molecular complexity index is 902. The Balaban J connectivity index is 1.19. The molecule has 1 unspecified atom stereocenters. The number of ether oxygens (including phenoxy) is 3. The van der Waals surface area contributed by atoms with E-state index in [2.05, 4.69) is 10.2 Å². The van der Waals surface area contributed by atoms with Crippen molar-refractivity contribution < 1.29 is 19.0 Å². The standard InChI is InChI=1S/C24H28N2O4/c1-16-2-5-20(6-3-16)28-14-21-15-29-22-7-4-18(11-23(22)30-21)24(27)25-19-10-17-8-9-26(12-17)13-19/h2-7,11,17,19,21H,8-10,12-15H2,1H3,(H,25,27)/t17-,19+,21-/m0/s1. The van der Waals surface area contributed by atoms with Crippen LogP contribution in [0.2, 0.25) is 0 Å². The van der Waals surface area contributed by atoms with Gasteiger partial charge in [-0.25, -0.2) is 0 Å². The lowest BCUT2D eigenvalue weighted by atomic mass is 9.96. The lowest BCUT2D eigenvalue weighted by Crippen LogP contribution is -2.47. The van der Waals surface area contributed by atoms with E-state index >= 15 is 0 Å². The van der Waals surface area contributed by atoms with Gasteiger partial charge in [0, 0.05) is 24.7 Å². The number of piperidine rings is 1. The van der Waals surface area contributed by atoms with E-state index in [1.54, 1.807) is 12.1 Å². The van der Waals surface area contributed by atoms with Crippen molar-refractivity contribution in [2.45, 2.75) is 31.9 Å². The van der Waals surface area contributed by atoms with Crippen LogP contribution in [-0.2, 0) is 0 Å². The highest BCUT2D eigenvalue weighted by atomic mass is 16.6. The Kier molecular flexibility index (Phi) is 5.25. The largest absolute Gasteiger partial charge is 0.490 e. The summed E-state index contributed by atoms with van der Waals surface area (Å²) in [6.45, 7) is 6.14. The van der Waals surface area contributed by atoms with Crippen molar-refractivity contribution in [3.05, 3.63) is 53.6 Å². The first-order valence-electron chi connectivity index (χ1n) is 10.8. The number of hydrogen-bond acceptors (Lipinski definition) is 5. The van der Waals surface area contributed by atoms with Gasteiger partial charge < -0.3 is 24.4 Å². The smallest absolute Gasteiger partial charge is 0.251 e. The van der Waals surface area contributed by atoms with E-state index in [0.29, 0.717) is 30.3 Å². The summed E-state index contributed by atoms with van der Waals surface area (Å²) in [5.41, 5.74) is 1.79. The van der Waals surface area contributed by atoms with Gasteiger partial charge in [-0.15, -0.1) is 0 Å². The predicted molar refractivity (Wildman–Crippen MR) is 113 cm³/mol. The molecule has 3 heterocycles. The summed E-state index contributed by atoms with van der Waals surface area (Å²) >= 11 is 0. The van der Waals surface area contributed by atoms with Crippen LogP contribution in [0.4, 0.5) is 0 Å². The van der Waals surface area contributed by atoms with Crippen LogP contribution < -0.4 is 19.5 Å². The molecule has 0 aliphatic carbocycles. The van der Waals surface area contributed by atoms with Crippen LogP contribution in [0, 0.1) is 12.8 Å². The maximum Gasteiger partial charge on any atom is 0.251 e. The SMILES string of the molecule is Cc1ccc(OC[C@H]2COc3ccc(C(=O)N[C@@H]4C[C@@H]5CCN(C5)C4)cc3O2)cc1. The minimum absolute atomic E-state index is 0.0491. The van der Waals surface area contributed by atoms with Gasteiger partial charge in [0.2, 0.25) is 0 Å². The molecule has 2 fully saturated rings. The second kappa shape index (κ2) is 8.19. The molecule has 2 aromatic rings. The van der Waals surface area contributed by atoms with Crippen molar-refractivity contribution in [3.63, 3.8) is 0 Å². The fourth-order valence-electron chi connectivity index (χ4n) is 4.60. The second-order valence-corrected chi connectivity index (χ2v) is 8.66. The lowest BCUT2D eigenvalue weighted by molar-refractivity contribution is 0.0533. The molecule has 3 aliphatic heterocycles. The average molecular weight is 408 g/mol. The molecule has 2 aromatic carbocycles. The molecule has 158 valence electrons. The molecule has 0 aromatic heterocycles. The number of carbonyl (C=O) groups is 1. The third-order valence-corrected chi connectivity index (χ3v) is 6.18. The van der Waals surface area contributed by atoms with Gasteiger partial charge in [0.1, 0.15) is 19.0 Å². The third kappa shape index (κ3) is 4.24. The first-order valence-corrected chi connectivity index (χ1v) is 10.8. The molecule has 2 bridgehead atoms. The zero-order chi connectivity index (χ0) is 20.5. The molecule has 6 nitrogen and oxygen atoms in total. The molecule has 2 saturated heterocycles. The molecule has 0 spiro atoms. The van der Waals surface area contributed by atoms with Crippen LogP contribution in [-0.4, -0.2) is 55.8 Å². The Morgan fingerprint density at radius 3 is 2.87 bits per heavy atom. The summed E-state index contributed by atoms with van der Waals surface area (Å²) in [6, 6.07) is 13.6. The molecular formula is C24H28N2O4. The molecule has 30 heavy (non-hydrogen) atoms. The van der Waals surface area contributed by atoms with E-state index in [-0.39, 0.29) is 18.1 Å². The summed E-state index contributed by atoms with van der Waals surface area (Å²) < 4.78 is 17.7. The minimum Gasteiger partial charge on any atom is -0.490 e. The van der Waals surface area contributed by atoms with Gasteiger partial charge in [0.05, 0.1) is 0 Å². The van der Waals surface area contributed by atoms with E-state index in [4.69, 9.17) is 14.2 Å². The Hall–Kier alpha value is -2.73. The van der Waals surface area contributed by atoms with Crippen LogP contribution in [0.1, 0.15) is 28.8 Å². The van der Waals surface area contributed by atoms with Gasteiger partial charge >= 0.3 is 0 Å². The topological polar surface area (TPSA) is 60.0 Å². The molecule has 6 heteroatoms. The molecule has 3 aliphatic rings. The fourth-order valence-corrected chi connectivity index (χ4v) is 4.60. The monoisotopic (exact) mass is 408 g/mol. The van der Waals surface area contributed by atoms with Gasteiger partial charge in [-0.1, -0.05) is 17.7 Å². The number of amides is 1. The first kappa shape index (κ1) is 19.2. The van der Waals surface area contributed by atoms with Gasteiger partial charge in [-0.3, -0.25) is 4.79 Å². The summed E-state index contributed by atoms with van der Waals surface area (Å²) in [4.78, 5) is 15.2. The molecule has 0 radical (unpaired) electrons. The molecular weight excluding hydrogens is 380 g/mol. The molecule has 1 amide bonds. The predicted octanol–water partition coefficient (Wildman–Crippen LogP) is 3.04. The second-order valence-electron chi connectivity index (χ2n) is 8.66. The third-order valence-electron chi connectivity index (χ3n) is 6.18. The Morgan fingerprint density at radius 1 is 1.17 bits per heavy atom. The van der Waals surface area contributed by atoms with Crippen LogP contribution in [0.5, 0.6) is 17.2 Å². The Labute approximate surface area is 177 Å². The summed E-state index contributed by atoms with van der Waals surface area (Å²) in [5.74, 6) is 2.74. The maximum atomic E-state index is 12.8. The highest BCUT2D eigenvalue weighted by Gasteiger charge is 2.33. The number of nitrogens with one attached hydrogen (secondary N) is 1. The van der Waals surface area contributed by atoms with Crippen molar-refractivity contribution in [1.29, 1.82) is 0 Å². The van der Waals surface area contributed by atoms with Crippen molar-refractivity contribution in [3.8, 4) is 17.2 Å². The number of benzene rings is 2. The van der Waals surface area contributed by atoms with Crippen molar-refractivity contribution >= 4 is 5.91 Å². The molecule has 0 saturated carbocycles. The van der Waals surface area contributed by atoms with Crippen LogP contribution in [0.3, 0.4) is 0 Å². The van der Waals surface area contributed by atoms with E-state index in [9.17, 15) is 4.79 Å². The maximum absolute atomic E-state index is 12.8. The number of nitrogens with zero attached hydrogens (tertiary/aromatic N) is 1. The van der Waals surface area contributed by atoms with Crippen molar-refractivity contribution in [2.75, 3.05) is 32.8 Å². The zero-order valence-electron chi connectivity index (χ0n) is 17.3. The minimum atomic E-state index is -0.223. The lowest BCUT2D eigenvalue weighted by Gasteiger charge is -2.30. The fraction of sp³-hybridized carbons (Fsp3) is 0.458. The molecule has 5 rings (SSSR count). The zero-order valence-corrected chi connectivity index (χ0v) is 17.3. The highest BCUT2D eigenvalue weighted by molar-refractivity contribution is 5.95. The highest BCUT2D eigenvalue weighted by Crippen LogP contribution is 2.33. The first-order chi connectivity index (χ1) is 14.6. The number of aryl methyl sites for hydroxylation is 1. The summed E-state index contributed by atoms with van der Waals surface area (Å²) in [7, 11) is 0. The average Bonchev–Trinajstić information content (AvgIpc) is 3.10. The van der Waals surface area contributed by atoms with E-state index < -0.39 is 0 Å². The van der Waals surface area contributed by atoms with Crippen LogP contribution in [0.15, 0.2) is 42.5 Å². The molecule has 1 N–H and O–H groups in total. The van der Waals surface area contributed by atoms with Crippen molar-refractivity contribution in [2.24, 2.45) is 5.92 Å². The number of hydrogen-bond donors (Lipinski definition) is 1. The van der Waals surface area contributed by atoms with Gasteiger partial charge in [0.15, 0.2) is 17.6 Å². The number of fused-ring (bicyclic) bond motifs is 3. The number of carbonyl (C=O) groups excluding carboxylic acids is 1. The Morgan fingerprint density at radius 2 is 2.03 bits per heavy atom. The number of rotatable bonds is 5. The van der Waals surface area contributed by atoms with E-state index in [1.165, 1.54) is 18.5 Å². The summed E-state index contributed by atoms with van der Waals surface area (Å²) in [5, 5.41) is 3.20. The normalized spacial score (nSPS) is 26.8. The quantitative estimate of drug-likeness (QED) is 0.824. The van der Waals surface area contributed by atoms with Crippen LogP contribution >= 0.6 is 0 Å². The van der Waals surface area contributed by atoms with E-state index in [0.717, 1.165) is 31.2 Å². The summed E-state index contributed by atoms with van der Waals surface area (Å²) in [6.07, 6.45) is 2.10. The van der Waals surface area contributed by atoms with Crippen molar-refractivity contribution in [1.82, 2.24) is 10.2 Å². The van der Waals surface area contributed by atoms with Crippen LogP contribution in [0.25, 0.3) is 0 Å². The van der Waals surface area contributed by atoms with Gasteiger partial charge in [0.25, 0.3) is 5.91 Å². The molecule has 4 atom stereocenters. The van der Waals surface area contributed by atoms with Gasteiger partial charge in [-0.05, 0) is 62.6 Å². The van der Waals surface area contributed by atoms with Gasteiger partial charge in [-0.2, -0.15) is 0 Å². The van der Waals surface area contributed by atoms with E-state index in [1.807, 2.05) is 37.3 Å².